The molecular formula is C18H23N3O3S. The van der Waals surface area contributed by atoms with E-state index in [-0.39, 0.29) is 30.6 Å². The number of para-hydroxylation sites is 1. The second kappa shape index (κ2) is 6.14. The van der Waals surface area contributed by atoms with Gasteiger partial charge in [-0.15, -0.1) is 0 Å². The van der Waals surface area contributed by atoms with E-state index in [0.717, 1.165) is 23.7 Å². The van der Waals surface area contributed by atoms with Crippen LogP contribution in [-0.2, 0) is 21.4 Å². The molecule has 0 unspecified atom stereocenters. The van der Waals surface area contributed by atoms with Crippen LogP contribution in [0.2, 0.25) is 0 Å². The van der Waals surface area contributed by atoms with Crippen LogP contribution in [0, 0.1) is 0 Å². The van der Waals surface area contributed by atoms with Gasteiger partial charge in [-0.3, -0.25) is 4.79 Å². The van der Waals surface area contributed by atoms with Crippen molar-refractivity contribution in [3.63, 3.8) is 0 Å². The van der Waals surface area contributed by atoms with Crippen LogP contribution in [-0.4, -0.2) is 47.6 Å². The molecule has 6 nitrogen and oxygen atoms in total. The van der Waals surface area contributed by atoms with Gasteiger partial charge in [0.2, 0.25) is 15.9 Å². The zero-order valence-electron chi connectivity index (χ0n) is 14.3. The molecular weight excluding hydrogens is 338 g/mol. The summed E-state index contributed by atoms with van der Waals surface area (Å²) in [6.07, 6.45) is 6.43. The minimum absolute atomic E-state index is 0.0152. The number of nitrogens with one attached hydrogen (secondary N) is 1. The van der Waals surface area contributed by atoms with Crippen LogP contribution in [0.1, 0.15) is 25.7 Å². The van der Waals surface area contributed by atoms with E-state index in [0.29, 0.717) is 12.8 Å². The molecule has 25 heavy (non-hydrogen) atoms. The average Bonchev–Trinajstić information content (AvgIpc) is 3.07. The van der Waals surface area contributed by atoms with Crippen molar-refractivity contribution >= 4 is 26.8 Å². The standard InChI is InChI=1S/C18H23N3O3S/c1-25(23,24)21-15-6-7-16(21)11-14(10-15)19-18(22)12-20-9-8-13-4-2-3-5-17(13)20/h2-5,8-9,14-16H,6-7,10-12H2,1H3,(H,19,22)/t15-,16-/m0/s1. The van der Waals surface area contributed by atoms with Crippen LogP contribution in [0.3, 0.4) is 0 Å². The lowest BCUT2D eigenvalue weighted by Gasteiger charge is -2.37. The summed E-state index contributed by atoms with van der Waals surface area (Å²) in [6.45, 7) is 0.287. The van der Waals surface area contributed by atoms with Gasteiger partial charge in [0, 0.05) is 29.8 Å². The van der Waals surface area contributed by atoms with Crippen molar-refractivity contribution in [2.24, 2.45) is 0 Å². The highest BCUT2D eigenvalue weighted by molar-refractivity contribution is 7.88. The van der Waals surface area contributed by atoms with Gasteiger partial charge < -0.3 is 9.88 Å². The van der Waals surface area contributed by atoms with Crippen molar-refractivity contribution < 1.29 is 13.2 Å². The fourth-order valence-corrected chi connectivity index (χ4v) is 5.97. The number of hydrogen-bond acceptors (Lipinski definition) is 3. The maximum absolute atomic E-state index is 12.5. The summed E-state index contributed by atoms with van der Waals surface area (Å²) in [5, 5.41) is 4.23. The molecule has 2 aromatic rings. The third kappa shape index (κ3) is 3.18. The molecule has 7 heteroatoms. The lowest BCUT2D eigenvalue weighted by Crippen LogP contribution is -2.52. The predicted octanol–water partition coefficient (Wildman–Crippen LogP) is 1.71. The third-order valence-corrected chi connectivity index (χ3v) is 6.77. The second-order valence-corrected chi connectivity index (χ2v) is 9.10. The SMILES string of the molecule is CS(=O)(=O)N1[C@H]2CC[C@H]1CC(NC(=O)Cn1ccc3ccccc31)C2. The first-order valence-corrected chi connectivity index (χ1v) is 10.6. The number of carbonyl (C=O) groups is 1. The fraction of sp³-hybridized carbons (Fsp3) is 0.500. The predicted molar refractivity (Wildman–Crippen MR) is 96.6 cm³/mol. The number of sulfonamides is 1. The number of piperidine rings is 1. The van der Waals surface area contributed by atoms with Crippen LogP contribution in [0.15, 0.2) is 36.5 Å². The van der Waals surface area contributed by atoms with Crippen LogP contribution in [0.5, 0.6) is 0 Å². The van der Waals surface area contributed by atoms with Gasteiger partial charge in [0.25, 0.3) is 0 Å². The molecule has 2 aliphatic heterocycles. The van der Waals surface area contributed by atoms with Crippen molar-refractivity contribution in [2.45, 2.75) is 50.4 Å². The normalized spacial score (nSPS) is 26.8. The number of nitrogens with zero attached hydrogens (tertiary/aromatic N) is 2. The first kappa shape index (κ1) is 16.6. The van der Waals surface area contributed by atoms with Gasteiger partial charge in [-0.25, -0.2) is 8.42 Å². The minimum Gasteiger partial charge on any atom is -0.352 e. The highest BCUT2D eigenvalue weighted by Crippen LogP contribution is 2.37. The van der Waals surface area contributed by atoms with Crippen molar-refractivity contribution in [3.05, 3.63) is 36.5 Å². The Labute approximate surface area is 147 Å². The van der Waals surface area contributed by atoms with E-state index in [4.69, 9.17) is 0 Å². The summed E-state index contributed by atoms with van der Waals surface area (Å²) < 4.78 is 27.5. The van der Waals surface area contributed by atoms with Gasteiger partial charge in [-0.05, 0) is 43.2 Å². The van der Waals surface area contributed by atoms with Crippen molar-refractivity contribution in [3.8, 4) is 0 Å². The maximum atomic E-state index is 12.5. The molecule has 0 aliphatic carbocycles. The molecule has 4 rings (SSSR count). The molecule has 0 spiro atoms. The van der Waals surface area contributed by atoms with Gasteiger partial charge in [0.1, 0.15) is 6.54 Å². The highest BCUT2D eigenvalue weighted by atomic mass is 32.2. The van der Waals surface area contributed by atoms with E-state index in [1.807, 2.05) is 41.1 Å². The molecule has 1 N–H and O–H groups in total. The Morgan fingerprint density at radius 2 is 1.84 bits per heavy atom. The largest absolute Gasteiger partial charge is 0.352 e. The zero-order valence-corrected chi connectivity index (χ0v) is 15.1. The second-order valence-electron chi connectivity index (χ2n) is 7.22. The molecule has 0 radical (unpaired) electrons. The first-order valence-electron chi connectivity index (χ1n) is 8.73. The maximum Gasteiger partial charge on any atom is 0.240 e. The molecule has 1 aromatic heterocycles. The summed E-state index contributed by atoms with van der Waals surface area (Å²) in [5.74, 6) is -0.0152. The summed E-state index contributed by atoms with van der Waals surface area (Å²) in [5.41, 5.74) is 1.05. The number of amides is 1. The molecule has 2 aliphatic rings. The van der Waals surface area contributed by atoms with E-state index in [9.17, 15) is 13.2 Å². The zero-order chi connectivity index (χ0) is 17.6. The Morgan fingerprint density at radius 3 is 2.52 bits per heavy atom. The third-order valence-electron chi connectivity index (χ3n) is 5.41. The van der Waals surface area contributed by atoms with Crippen LogP contribution < -0.4 is 5.32 Å². The number of carbonyl (C=O) groups excluding carboxylic acids is 1. The van der Waals surface area contributed by atoms with Gasteiger partial charge >= 0.3 is 0 Å². The quantitative estimate of drug-likeness (QED) is 0.901. The van der Waals surface area contributed by atoms with Crippen molar-refractivity contribution in [1.29, 1.82) is 0 Å². The monoisotopic (exact) mass is 361 g/mol. The number of benzene rings is 1. The molecule has 1 aromatic carbocycles. The van der Waals surface area contributed by atoms with E-state index >= 15 is 0 Å². The highest BCUT2D eigenvalue weighted by Gasteiger charge is 2.45. The molecule has 0 saturated carbocycles. The molecule has 3 heterocycles. The van der Waals surface area contributed by atoms with Crippen LogP contribution in [0.25, 0.3) is 10.9 Å². The van der Waals surface area contributed by atoms with E-state index in [1.54, 1.807) is 4.31 Å². The molecule has 134 valence electrons. The molecule has 2 atom stereocenters. The van der Waals surface area contributed by atoms with E-state index in [1.165, 1.54) is 6.26 Å². The minimum atomic E-state index is -3.16. The van der Waals surface area contributed by atoms with Crippen LogP contribution in [0.4, 0.5) is 0 Å². The van der Waals surface area contributed by atoms with Gasteiger partial charge in [-0.1, -0.05) is 18.2 Å². The molecule has 2 saturated heterocycles. The average molecular weight is 361 g/mol. The lowest BCUT2D eigenvalue weighted by molar-refractivity contribution is -0.122. The molecule has 1 amide bonds. The topological polar surface area (TPSA) is 71.4 Å². The molecule has 2 bridgehead atoms. The smallest absolute Gasteiger partial charge is 0.240 e. The summed E-state index contributed by atoms with van der Waals surface area (Å²) in [4.78, 5) is 12.5. The Hall–Kier alpha value is -1.86. The Kier molecular flexibility index (Phi) is 4.08. The fourth-order valence-electron chi connectivity index (χ4n) is 4.50. The molecule has 2 fully saturated rings. The summed E-state index contributed by atoms with van der Waals surface area (Å²) >= 11 is 0. The summed E-state index contributed by atoms with van der Waals surface area (Å²) in [6, 6.07) is 10.1. The number of fused-ring (bicyclic) bond motifs is 3. The first-order chi connectivity index (χ1) is 11.9. The van der Waals surface area contributed by atoms with Gasteiger partial charge in [0.05, 0.1) is 6.26 Å². The van der Waals surface area contributed by atoms with E-state index < -0.39 is 10.0 Å². The van der Waals surface area contributed by atoms with E-state index in [2.05, 4.69) is 5.32 Å². The Morgan fingerprint density at radius 1 is 1.16 bits per heavy atom. The Balaban J connectivity index is 1.41. The Bertz CT molecular complexity index is 891. The summed E-state index contributed by atoms with van der Waals surface area (Å²) in [7, 11) is -3.16. The van der Waals surface area contributed by atoms with Gasteiger partial charge in [0.15, 0.2) is 0 Å². The number of rotatable bonds is 4. The van der Waals surface area contributed by atoms with Gasteiger partial charge in [-0.2, -0.15) is 4.31 Å². The lowest BCUT2D eigenvalue weighted by atomic mass is 10.00. The van der Waals surface area contributed by atoms with Crippen molar-refractivity contribution in [1.82, 2.24) is 14.2 Å². The number of hydrogen-bond donors (Lipinski definition) is 1. The van der Waals surface area contributed by atoms with Crippen molar-refractivity contribution in [2.75, 3.05) is 6.26 Å². The van der Waals surface area contributed by atoms with Crippen LogP contribution >= 0.6 is 0 Å². The number of aromatic nitrogens is 1.